The monoisotopic (exact) mass is 338 g/mol. The number of hydrogen-bond acceptors (Lipinski definition) is 3. The zero-order valence-corrected chi connectivity index (χ0v) is 14.6. The first-order chi connectivity index (χ1) is 12.8. The number of nitriles is 1. The molecule has 26 heavy (non-hydrogen) atoms. The third-order valence-electron chi connectivity index (χ3n) is 5.23. The van der Waals surface area contributed by atoms with Crippen molar-refractivity contribution in [1.29, 1.82) is 5.26 Å². The summed E-state index contributed by atoms with van der Waals surface area (Å²) in [7, 11) is 0. The Hall–Kier alpha value is -3.12. The molecule has 0 N–H and O–H groups in total. The van der Waals surface area contributed by atoms with Crippen LogP contribution < -0.4 is 4.90 Å². The van der Waals surface area contributed by atoms with Gasteiger partial charge in [-0.15, -0.1) is 0 Å². The molecular formula is C23H20N3. The SMILES string of the molecule is N#CC1(c2ccc(N(Cc3ccncc3)c3[c]cccc3)cc2)CCC1. The van der Waals surface area contributed by atoms with E-state index in [1.165, 1.54) is 5.56 Å². The van der Waals surface area contributed by atoms with Gasteiger partial charge in [0.1, 0.15) is 0 Å². The zero-order valence-electron chi connectivity index (χ0n) is 14.6. The fourth-order valence-electron chi connectivity index (χ4n) is 3.49. The average Bonchev–Trinajstić information content (AvgIpc) is 2.68. The maximum absolute atomic E-state index is 9.57. The maximum atomic E-state index is 9.57. The van der Waals surface area contributed by atoms with Gasteiger partial charge in [0.2, 0.25) is 0 Å². The Morgan fingerprint density at radius 3 is 2.38 bits per heavy atom. The summed E-state index contributed by atoms with van der Waals surface area (Å²) in [6, 6.07) is 26.4. The molecule has 1 fully saturated rings. The lowest BCUT2D eigenvalue weighted by Gasteiger charge is -2.36. The van der Waals surface area contributed by atoms with Crippen LogP contribution in [0.4, 0.5) is 11.4 Å². The third-order valence-corrected chi connectivity index (χ3v) is 5.23. The Labute approximate surface area is 154 Å². The Bertz CT molecular complexity index is 892. The molecule has 0 spiro atoms. The molecule has 3 nitrogen and oxygen atoms in total. The number of rotatable bonds is 5. The normalized spacial score (nSPS) is 14.9. The number of aromatic nitrogens is 1. The van der Waals surface area contributed by atoms with Crippen LogP contribution in [0.25, 0.3) is 0 Å². The molecule has 1 aliphatic rings. The molecule has 0 atom stereocenters. The predicted molar refractivity (Wildman–Crippen MR) is 103 cm³/mol. The number of pyridine rings is 1. The van der Waals surface area contributed by atoms with Gasteiger partial charge in [0.25, 0.3) is 0 Å². The molecule has 1 aliphatic carbocycles. The van der Waals surface area contributed by atoms with E-state index in [2.05, 4.69) is 52.4 Å². The number of benzene rings is 2. The van der Waals surface area contributed by atoms with Gasteiger partial charge < -0.3 is 4.90 Å². The molecule has 127 valence electrons. The van der Waals surface area contributed by atoms with Crippen molar-refractivity contribution in [3.8, 4) is 6.07 Å². The van der Waals surface area contributed by atoms with Gasteiger partial charge in [-0.1, -0.05) is 30.3 Å². The molecule has 0 unspecified atom stereocenters. The molecule has 0 saturated heterocycles. The highest BCUT2D eigenvalue weighted by molar-refractivity contribution is 5.63. The van der Waals surface area contributed by atoms with Gasteiger partial charge in [-0.05, 0) is 60.7 Å². The van der Waals surface area contributed by atoms with E-state index in [0.29, 0.717) is 0 Å². The minimum absolute atomic E-state index is 0.271. The molecule has 3 aromatic rings. The lowest BCUT2D eigenvalue weighted by molar-refractivity contribution is 0.324. The topological polar surface area (TPSA) is 39.9 Å². The Kier molecular flexibility index (Phi) is 4.41. The summed E-state index contributed by atoms with van der Waals surface area (Å²) in [5.41, 5.74) is 4.17. The van der Waals surface area contributed by atoms with Crippen molar-refractivity contribution >= 4 is 11.4 Å². The molecule has 0 bridgehead atoms. The van der Waals surface area contributed by atoms with E-state index < -0.39 is 0 Å². The molecule has 0 aliphatic heterocycles. The van der Waals surface area contributed by atoms with Crippen molar-refractivity contribution in [2.45, 2.75) is 31.2 Å². The van der Waals surface area contributed by atoms with Gasteiger partial charge in [0.15, 0.2) is 0 Å². The molecule has 4 rings (SSSR count). The zero-order chi connectivity index (χ0) is 17.8. The summed E-state index contributed by atoms with van der Waals surface area (Å²) in [5.74, 6) is 0. The first-order valence-electron chi connectivity index (χ1n) is 8.96. The standard InChI is InChI=1S/C23H20N3/c24-18-23(13-4-14-23)20-7-9-22(10-8-20)26(21-5-2-1-3-6-21)17-19-11-15-25-16-12-19/h1-3,5,7-12,15-16H,4,13-14,17H2. The Balaban J connectivity index is 1.67. The number of anilines is 2. The van der Waals surface area contributed by atoms with Crippen LogP contribution >= 0.6 is 0 Å². The van der Waals surface area contributed by atoms with Gasteiger partial charge in [0.05, 0.1) is 11.5 Å². The van der Waals surface area contributed by atoms with Crippen LogP contribution in [-0.4, -0.2) is 4.98 Å². The summed E-state index contributed by atoms with van der Waals surface area (Å²) >= 11 is 0. The van der Waals surface area contributed by atoms with E-state index >= 15 is 0 Å². The van der Waals surface area contributed by atoms with Gasteiger partial charge in [-0.25, -0.2) is 0 Å². The van der Waals surface area contributed by atoms with Gasteiger partial charge in [-0.3, -0.25) is 4.98 Å². The number of nitrogens with zero attached hydrogens (tertiary/aromatic N) is 3. The molecular weight excluding hydrogens is 318 g/mol. The van der Waals surface area contributed by atoms with Gasteiger partial charge in [0, 0.05) is 36.4 Å². The van der Waals surface area contributed by atoms with E-state index in [9.17, 15) is 5.26 Å². The fourth-order valence-corrected chi connectivity index (χ4v) is 3.49. The van der Waals surface area contributed by atoms with E-state index in [1.54, 1.807) is 0 Å². The quantitative estimate of drug-likeness (QED) is 0.644. The second-order valence-electron chi connectivity index (χ2n) is 6.78. The minimum atomic E-state index is -0.271. The molecule has 1 heterocycles. The van der Waals surface area contributed by atoms with Gasteiger partial charge >= 0.3 is 0 Å². The lowest BCUT2D eigenvalue weighted by atomic mass is 9.65. The van der Waals surface area contributed by atoms with E-state index in [-0.39, 0.29) is 5.41 Å². The largest absolute Gasteiger partial charge is 0.336 e. The Morgan fingerprint density at radius 1 is 1.04 bits per heavy atom. The van der Waals surface area contributed by atoms with E-state index in [4.69, 9.17) is 0 Å². The molecule has 1 radical (unpaired) electrons. The maximum Gasteiger partial charge on any atom is 0.0822 e. The molecule has 2 aromatic carbocycles. The van der Waals surface area contributed by atoms with Crippen molar-refractivity contribution in [2.24, 2.45) is 0 Å². The average molecular weight is 338 g/mol. The highest BCUT2D eigenvalue weighted by Gasteiger charge is 2.38. The second kappa shape index (κ2) is 7.01. The van der Waals surface area contributed by atoms with Crippen LogP contribution in [0.2, 0.25) is 0 Å². The van der Waals surface area contributed by atoms with Crippen molar-refractivity contribution in [1.82, 2.24) is 4.98 Å². The number of hydrogen-bond donors (Lipinski definition) is 0. The van der Waals surface area contributed by atoms with E-state index in [1.807, 2.05) is 42.7 Å². The number of para-hydroxylation sites is 1. The first kappa shape index (κ1) is 16.4. The van der Waals surface area contributed by atoms with Crippen LogP contribution in [0.1, 0.15) is 30.4 Å². The van der Waals surface area contributed by atoms with Crippen LogP contribution in [0.5, 0.6) is 0 Å². The first-order valence-corrected chi connectivity index (χ1v) is 8.96. The van der Waals surface area contributed by atoms with Crippen molar-refractivity contribution < 1.29 is 0 Å². The van der Waals surface area contributed by atoms with Crippen molar-refractivity contribution in [3.63, 3.8) is 0 Å². The highest BCUT2D eigenvalue weighted by Crippen LogP contribution is 2.43. The molecule has 1 saturated carbocycles. The second-order valence-corrected chi connectivity index (χ2v) is 6.78. The summed E-state index contributed by atoms with van der Waals surface area (Å²) in [4.78, 5) is 6.34. The van der Waals surface area contributed by atoms with Crippen molar-refractivity contribution in [3.05, 3.63) is 90.3 Å². The Morgan fingerprint density at radius 2 is 1.81 bits per heavy atom. The fraction of sp³-hybridized carbons (Fsp3) is 0.217. The third kappa shape index (κ3) is 3.07. The highest BCUT2D eigenvalue weighted by atomic mass is 15.1. The van der Waals surface area contributed by atoms with Gasteiger partial charge in [-0.2, -0.15) is 5.26 Å². The van der Waals surface area contributed by atoms with Crippen LogP contribution in [0.15, 0.2) is 73.1 Å². The summed E-state index contributed by atoms with van der Waals surface area (Å²) < 4.78 is 0. The summed E-state index contributed by atoms with van der Waals surface area (Å²) in [6.07, 6.45) is 6.71. The smallest absolute Gasteiger partial charge is 0.0822 e. The van der Waals surface area contributed by atoms with Crippen LogP contribution in [0, 0.1) is 17.4 Å². The minimum Gasteiger partial charge on any atom is -0.336 e. The molecule has 1 aromatic heterocycles. The predicted octanol–water partition coefficient (Wildman–Crippen LogP) is 5.17. The molecule has 0 amide bonds. The van der Waals surface area contributed by atoms with Crippen molar-refractivity contribution in [2.75, 3.05) is 4.90 Å². The van der Waals surface area contributed by atoms with Crippen LogP contribution in [0.3, 0.4) is 0 Å². The van der Waals surface area contributed by atoms with E-state index in [0.717, 1.165) is 42.7 Å². The summed E-state index contributed by atoms with van der Waals surface area (Å²) in [5, 5.41) is 9.57. The summed E-state index contributed by atoms with van der Waals surface area (Å²) in [6.45, 7) is 0.742. The molecule has 3 heteroatoms. The van der Waals surface area contributed by atoms with Crippen LogP contribution in [-0.2, 0) is 12.0 Å². The lowest BCUT2D eigenvalue weighted by Crippen LogP contribution is -2.32.